The van der Waals surface area contributed by atoms with Crippen LogP contribution in [-0.2, 0) is 4.74 Å². The highest BCUT2D eigenvalue weighted by atomic mass is 19.1. The van der Waals surface area contributed by atoms with Crippen LogP contribution in [0.2, 0.25) is 0 Å². The van der Waals surface area contributed by atoms with Crippen LogP contribution in [0.1, 0.15) is 33.1 Å². The van der Waals surface area contributed by atoms with Gasteiger partial charge in [0.05, 0.1) is 0 Å². The van der Waals surface area contributed by atoms with E-state index in [2.05, 4.69) is 0 Å². The molecule has 2 unspecified atom stereocenters. The number of halogens is 1. The first-order valence-electron chi connectivity index (χ1n) is 4.98. The highest BCUT2D eigenvalue weighted by molar-refractivity contribution is 4.85. The minimum absolute atomic E-state index is 0.0163. The van der Waals surface area contributed by atoms with Gasteiger partial charge in [-0.05, 0) is 18.8 Å². The lowest BCUT2D eigenvalue weighted by Gasteiger charge is -2.29. The summed E-state index contributed by atoms with van der Waals surface area (Å²) in [5, 5.41) is 0. The number of methoxy groups -OCH3 is 1. The van der Waals surface area contributed by atoms with Gasteiger partial charge in [0.2, 0.25) is 0 Å². The van der Waals surface area contributed by atoms with Crippen LogP contribution in [0.15, 0.2) is 0 Å². The number of rotatable bonds is 7. The zero-order valence-electron chi connectivity index (χ0n) is 8.98. The van der Waals surface area contributed by atoms with Gasteiger partial charge in [0.1, 0.15) is 5.67 Å². The maximum absolute atomic E-state index is 14.1. The molecule has 13 heavy (non-hydrogen) atoms. The molecule has 3 heteroatoms. The number of ether oxygens (including phenoxy) is 1. The van der Waals surface area contributed by atoms with Gasteiger partial charge in [-0.3, -0.25) is 0 Å². The van der Waals surface area contributed by atoms with Crippen molar-refractivity contribution in [1.82, 2.24) is 0 Å². The molecule has 0 aromatic rings. The monoisotopic (exact) mass is 191 g/mol. The third-order valence-electron chi connectivity index (χ3n) is 2.64. The molecule has 0 radical (unpaired) electrons. The largest absolute Gasteiger partial charge is 0.385 e. The van der Waals surface area contributed by atoms with Crippen molar-refractivity contribution in [2.75, 3.05) is 20.3 Å². The molecule has 0 aliphatic carbocycles. The van der Waals surface area contributed by atoms with E-state index in [9.17, 15) is 4.39 Å². The van der Waals surface area contributed by atoms with Crippen LogP contribution < -0.4 is 5.73 Å². The lowest BCUT2D eigenvalue weighted by atomic mass is 9.85. The molecule has 80 valence electrons. The molecular weight excluding hydrogens is 169 g/mol. The highest BCUT2D eigenvalue weighted by Gasteiger charge is 2.33. The van der Waals surface area contributed by atoms with Crippen molar-refractivity contribution in [3.63, 3.8) is 0 Å². The zero-order valence-corrected chi connectivity index (χ0v) is 8.98. The molecule has 2 nitrogen and oxygen atoms in total. The Morgan fingerprint density at radius 2 is 2.15 bits per heavy atom. The average Bonchev–Trinajstić information content (AvgIpc) is 2.14. The lowest BCUT2D eigenvalue weighted by Crippen LogP contribution is -2.40. The van der Waals surface area contributed by atoms with Gasteiger partial charge in [-0.15, -0.1) is 0 Å². The van der Waals surface area contributed by atoms with Gasteiger partial charge in [0.25, 0.3) is 0 Å². The number of nitrogens with two attached hydrogens (primary N) is 1. The van der Waals surface area contributed by atoms with E-state index in [-0.39, 0.29) is 12.5 Å². The van der Waals surface area contributed by atoms with Crippen molar-refractivity contribution in [2.45, 2.75) is 38.8 Å². The second-order valence-electron chi connectivity index (χ2n) is 3.67. The molecule has 2 N–H and O–H groups in total. The SMILES string of the molecule is CCCC(F)(CN)C(C)CCOC. The Kier molecular flexibility index (Phi) is 6.25. The predicted octanol–water partition coefficient (Wildman–Crippen LogP) is 2.13. The Balaban J connectivity index is 4.03. The minimum atomic E-state index is -1.20. The molecule has 0 heterocycles. The van der Waals surface area contributed by atoms with Gasteiger partial charge in [-0.1, -0.05) is 20.3 Å². The summed E-state index contributed by atoms with van der Waals surface area (Å²) < 4.78 is 19.0. The third-order valence-corrected chi connectivity index (χ3v) is 2.64. The molecule has 0 rings (SSSR count). The summed E-state index contributed by atoms with van der Waals surface area (Å²) in [6.07, 6.45) is 2.13. The van der Waals surface area contributed by atoms with E-state index < -0.39 is 5.67 Å². The Morgan fingerprint density at radius 1 is 1.54 bits per heavy atom. The molecular formula is C10H22FNO. The number of hydrogen-bond acceptors (Lipinski definition) is 2. The summed E-state index contributed by atoms with van der Waals surface area (Å²) in [6.45, 7) is 4.61. The first-order chi connectivity index (χ1) is 6.10. The lowest BCUT2D eigenvalue weighted by molar-refractivity contribution is 0.0629. The van der Waals surface area contributed by atoms with Crippen molar-refractivity contribution < 1.29 is 9.13 Å². The van der Waals surface area contributed by atoms with Crippen molar-refractivity contribution in [1.29, 1.82) is 0 Å². The Hall–Kier alpha value is -0.150. The Bertz CT molecular complexity index is 132. The van der Waals surface area contributed by atoms with E-state index in [0.29, 0.717) is 13.0 Å². The Morgan fingerprint density at radius 3 is 2.54 bits per heavy atom. The number of hydrogen-bond donors (Lipinski definition) is 1. The molecule has 0 saturated heterocycles. The maximum Gasteiger partial charge on any atom is 0.125 e. The zero-order chi connectivity index (χ0) is 10.3. The summed E-state index contributed by atoms with van der Waals surface area (Å²) >= 11 is 0. The smallest absolute Gasteiger partial charge is 0.125 e. The summed E-state index contributed by atoms with van der Waals surface area (Å²) in [4.78, 5) is 0. The summed E-state index contributed by atoms with van der Waals surface area (Å²) in [5.74, 6) is -0.0163. The van der Waals surface area contributed by atoms with E-state index in [1.165, 1.54) is 0 Å². The standard InChI is InChI=1S/C10H22FNO/c1-4-6-10(11,8-12)9(2)5-7-13-3/h9H,4-8,12H2,1-3H3. The molecule has 0 aliphatic rings. The van der Waals surface area contributed by atoms with Crippen LogP contribution in [0.5, 0.6) is 0 Å². The molecule has 0 aromatic carbocycles. The molecule has 2 atom stereocenters. The van der Waals surface area contributed by atoms with Gasteiger partial charge in [0, 0.05) is 20.3 Å². The van der Waals surface area contributed by atoms with Crippen LogP contribution in [0.25, 0.3) is 0 Å². The van der Waals surface area contributed by atoms with Gasteiger partial charge in [0.15, 0.2) is 0 Å². The van der Waals surface area contributed by atoms with Crippen molar-refractivity contribution in [3.05, 3.63) is 0 Å². The maximum atomic E-state index is 14.1. The first-order valence-corrected chi connectivity index (χ1v) is 4.98. The summed E-state index contributed by atoms with van der Waals surface area (Å²) in [6, 6.07) is 0. The van der Waals surface area contributed by atoms with E-state index in [1.54, 1.807) is 7.11 Å². The van der Waals surface area contributed by atoms with Gasteiger partial charge in [-0.25, -0.2) is 4.39 Å². The molecule has 0 aromatic heterocycles. The van der Waals surface area contributed by atoms with Gasteiger partial charge < -0.3 is 10.5 Å². The second kappa shape index (κ2) is 6.33. The molecule has 0 saturated carbocycles. The fourth-order valence-corrected chi connectivity index (χ4v) is 1.52. The fraction of sp³-hybridized carbons (Fsp3) is 1.00. The predicted molar refractivity (Wildman–Crippen MR) is 53.5 cm³/mol. The summed E-state index contributed by atoms with van der Waals surface area (Å²) in [5.41, 5.74) is 4.25. The van der Waals surface area contributed by atoms with Gasteiger partial charge in [-0.2, -0.15) is 0 Å². The van der Waals surface area contributed by atoms with E-state index in [4.69, 9.17) is 10.5 Å². The van der Waals surface area contributed by atoms with Crippen molar-refractivity contribution in [2.24, 2.45) is 11.7 Å². The second-order valence-corrected chi connectivity index (χ2v) is 3.67. The average molecular weight is 191 g/mol. The van der Waals surface area contributed by atoms with Crippen LogP contribution >= 0.6 is 0 Å². The first kappa shape index (κ1) is 12.8. The normalized spacial score (nSPS) is 18.2. The van der Waals surface area contributed by atoms with E-state index >= 15 is 0 Å². The molecule has 0 amide bonds. The van der Waals surface area contributed by atoms with Crippen LogP contribution in [-0.4, -0.2) is 25.9 Å². The Labute approximate surface area is 80.6 Å². The van der Waals surface area contributed by atoms with E-state index in [1.807, 2.05) is 13.8 Å². The molecule has 0 fully saturated rings. The van der Waals surface area contributed by atoms with Crippen LogP contribution in [0.3, 0.4) is 0 Å². The molecule has 0 bridgehead atoms. The van der Waals surface area contributed by atoms with Crippen LogP contribution in [0, 0.1) is 5.92 Å². The molecule has 0 aliphatic heterocycles. The van der Waals surface area contributed by atoms with Crippen molar-refractivity contribution in [3.8, 4) is 0 Å². The molecule has 0 spiro atoms. The van der Waals surface area contributed by atoms with Crippen molar-refractivity contribution >= 4 is 0 Å². The highest BCUT2D eigenvalue weighted by Crippen LogP contribution is 2.29. The topological polar surface area (TPSA) is 35.2 Å². The summed E-state index contributed by atoms with van der Waals surface area (Å²) in [7, 11) is 1.63. The number of alkyl halides is 1. The van der Waals surface area contributed by atoms with Crippen LogP contribution in [0.4, 0.5) is 4.39 Å². The third kappa shape index (κ3) is 4.05. The fourth-order valence-electron chi connectivity index (χ4n) is 1.52. The van der Waals surface area contributed by atoms with Gasteiger partial charge >= 0.3 is 0 Å². The quantitative estimate of drug-likeness (QED) is 0.669. The van der Waals surface area contributed by atoms with E-state index in [0.717, 1.165) is 12.8 Å². The minimum Gasteiger partial charge on any atom is -0.385 e.